The molecule has 0 amide bonds. The summed E-state index contributed by atoms with van der Waals surface area (Å²) in [5, 5.41) is 0.453. The average molecular weight is 333 g/mol. The van der Waals surface area contributed by atoms with Crippen molar-refractivity contribution in [1.82, 2.24) is 4.98 Å². The van der Waals surface area contributed by atoms with Crippen LogP contribution in [0.25, 0.3) is 0 Å². The van der Waals surface area contributed by atoms with Gasteiger partial charge in [-0.3, -0.25) is 9.71 Å². The zero-order chi connectivity index (χ0) is 14.8. The standard InChI is InChI=1S/C12H10Cl2N2O3S/c1-19-11-3-2-8(13)6-10(11)16-20(17,18)12-7-15-5-4-9(12)14/h2-7,16H,1H3. The third-order valence-corrected chi connectivity index (χ3v) is 4.50. The molecule has 0 aliphatic rings. The second kappa shape index (κ2) is 5.87. The number of methoxy groups -OCH3 is 1. The second-order valence-corrected chi connectivity index (χ2v) is 6.25. The minimum atomic E-state index is -3.88. The number of nitrogens with zero attached hydrogens (tertiary/aromatic N) is 1. The van der Waals surface area contributed by atoms with Crippen LogP contribution < -0.4 is 9.46 Å². The maximum atomic E-state index is 12.3. The van der Waals surface area contributed by atoms with Crippen LogP contribution in [0.4, 0.5) is 5.69 Å². The van der Waals surface area contributed by atoms with Crippen molar-refractivity contribution in [2.24, 2.45) is 0 Å². The molecule has 8 heteroatoms. The van der Waals surface area contributed by atoms with Gasteiger partial charge in [-0.15, -0.1) is 0 Å². The maximum Gasteiger partial charge on any atom is 0.265 e. The average Bonchev–Trinajstić information content (AvgIpc) is 2.39. The van der Waals surface area contributed by atoms with Gasteiger partial charge in [-0.2, -0.15) is 0 Å². The quantitative estimate of drug-likeness (QED) is 0.933. The van der Waals surface area contributed by atoms with Crippen LogP contribution in [0.15, 0.2) is 41.6 Å². The number of aromatic nitrogens is 1. The minimum Gasteiger partial charge on any atom is -0.495 e. The van der Waals surface area contributed by atoms with E-state index in [0.29, 0.717) is 10.8 Å². The zero-order valence-electron chi connectivity index (χ0n) is 10.3. The smallest absolute Gasteiger partial charge is 0.265 e. The molecule has 0 radical (unpaired) electrons. The minimum absolute atomic E-state index is 0.0773. The van der Waals surface area contributed by atoms with E-state index in [-0.39, 0.29) is 15.6 Å². The van der Waals surface area contributed by atoms with Crippen molar-refractivity contribution in [3.05, 3.63) is 46.7 Å². The molecule has 1 heterocycles. The lowest BCUT2D eigenvalue weighted by atomic mass is 10.3. The summed E-state index contributed by atoms with van der Waals surface area (Å²) in [5.74, 6) is 0.345. The van der Waals surface area contributed by atoms with Gasteiger partial charge in [0, 0.05) is 17.4 Å². The van der Waals surface area contributed by atoms with Gasteiger partial charge in [-0.05, 0) is 24.3 Å². The predicted molar refractivity (Wildman–Crippen MR) is 78.1 cm³/mol. The zero-order valence-corrected chi connectivity index (χ0v) is 12.6. The summed E-state index contributed by atoms with van der Waals surface area (Å²) >= 11 is 11.7. The van der Waals surface area contributed by atoms with E-state index < -0.39 is 10.0 Å². The molecular formula is C12H10Cl2N2O3S. The first-order chi connectivity index (χ1) is 9.44. The molecule has 0 unspecified atom stereocenters. The molecule has 0 atom stereocenters. The van der Waals surface area contributed by atoms with Crippen molar-refractivity contribution in [1.29, 1.82) is 0 Å². The number of hydrogen-bond donors (Lipinski definition) is 1. The number of nitrogens with one attached hydrogen (secondary N) is 1. The van der Waals surface area contributed by atoms with Crippen LogP contribution in [0.5, 0.6) is 5.75 Å². The van der Waals surface area contributed by atoms with Crippen LogP contribution in [0.1, 0.15) is 0 Å². The van der Waals surface area contributed by atoms with E-state index in [1.807, 2.05) is 0 Å². The number of pyridine rings is 1. The second-order valence-electron chi connectivity index (χ2n) is 3.76. The van der Waals surface area contributed by atoms with Crippen molar-refractivity contribution in [3.63, 3.8) is 0 Å². The van der Waals surface area contributed by atoms with Gasteiger partial charge in [-0.1, -0.05) is 23.2 Å². The number of benzene rings is 1. The van der Waals surface area contributed by atoms with Crippen molar-refractivity contribution in [3.8, 4) is 5.75 Å². The lowest BCUT2D eigenvalue weighted by molar-refractivity contribution is 0.417. The molecule has 0 aliphatic heterocycles. The summed E-state index contributed by atoms with van der Waals surface area (Å²) in [6, 6.07) is 5.99. The number of sulfonamides is 1. The van der Waals surface area contributed by atoms with Crippen LogP contribution in [-0.4, -0.2) is 20.5 Å². The lowest BCUT2D eigenvalue weighted by Crippen LogP contribution is -2.14. The molecule has 0 fully saturated rings. The fraction of sp³-hybridized carbons (Fsp3) is 0.0833. The van der Waals surface area contributed by atoms with Gasteiger partial charge >= 0.3 is 0 Å². The largest absolute Gasteiger partial charge is 0.495 e. The number of ether oxygens (including phenoxy) is 1. The first kappa shape index (κ1) is 14.9. The van der Waals surface area contributed by atoms with Crippen molar-refractivity contribution >= 4 is 38.9 Å². The molecule has 1 aromatic carbocycles. The Morgan fingerprint density at radius 3 is 2.65 bits per heavy atom. The molecular weight excluding hydrogens is 323 g/mol. The van der Waals surface area contributed by atoms with E-state index in [1.165, 1.54) is 31.6 Å². The Morgan fingerprint density at radius 2 is 2.00 bits per heavy atom. The van der Waals surface area contributed by atoms with Gasteiger partial charge in [0.1, 0.15) is 10.6 Å². The Labute approximate surface area is 126 Å². The molecule has 1 N–H and O–H groups in total. The Bertz CT molecular complexity index is 735. The van der Waals surface area contributed by atoms with Crippen LogP contribution in [0.2, 0.25) is 10.0 Å². The number of rotatable bonds is 4. The van der Waals surface area contributed by atoms with Gasteiger partial charge in [0.2, 0.25) is 0 Å². The lowest BCUT2D eigenvalue weighted by Gasteiger charge is -2.12. The molecule has 0 saturated carbocycles. The summed E-state index contributed by atoms with van der Waals surface area (Å²) in [6.45, 7) is 0. The summed E-state index contributed by atoms with van der Waals surface area (Å²) < 4.78 is 32.0. The summed E-state index contributed by atoms with van der Waals surface area (Å²) in [6.07, 6.45) is 2.57. The van der Waals surface area contributed by atoms with E-state index in [9.17, 15) is 8.42 Å². The van der Waals surface area contributed by atoms with Crippen molar-refractivity contribution < 1.29 is 13.2 Å². The molecule has 106 valence electrons. The van der Waals surface area contributed by atoms with E-state index in [1.54, 1.807) is 12.1 Å². The first-order valence-electron chi connectivity index (χ1n) is 5.40. The van der Waals surface area contributed by atoms with E-state index >= 15 is 0 Å². The third kappa shape index (κ3) is 3.15. The van der Waals surface area contributed by atoms with Crippen LogP contribution in [0, 0.1) is 0 Å². The van der Waals surface area contributed by atoms with Gasteiger partial charge in [0.15, 0.2) is 0 Å². The van der Waals surface area contributed by atoms with Gasteiger partial charge in [0.05, 0.1) is 17.8 Å². The van der Waals surface area contributed by atoms with Gasteiger partial charge in [-0.25, -0.2) is 8.42 Å². The molecule has 2 rings (SSSR count). The highest BCUT2D eigenvalue weighted by molar-refractivity contribution is 7.92. The van der Waals surface area contributed by atoms with Crippen LogP contribution in [-0.2, 0) is 10.0 Å². The molecule has 0 saturated heterocycles. The fourth-order valence-corrected chi connectivity index (χ4v) is 3.19. The molecule has 0 spiro atoms. The highest BCUT2D eigenvalue weighted by Gasteiger charge is 2.20. The van der Waals surface area contributed by atoms with E-state index in [0.717, 1.165) is 0 Å². The van der Waals surface area contributed by atoms with E-state index in [4.69, 9.17) is 27.9 Å². The SMILES string of the molecule is COc1ccc(Cl)cc1NS(=O)(=O)c1cnccc1Cl. The number of anilines is 1. The Balaban J connectivity index is 2.44. The molecule has 0 aliphatic carbocycles. The van der Waals surface area contributed by atoms with Gasteiger partial charge in [0.25, 0.3) is 10.0 Å². The summed E-state index contributed by atoms with van der Waals surface area (Å²) in [7, 11) is -2.45. The molecule has 20 heavy (non-hydrogen) atoms. The third-order valence-electron chi connectivity index (χ3n) is 2.43. The predicted octanol–water partition coefficient (Wildman–Crippen LogP) is 3.20. The van der Waals surface area contributed by atoms with Crippen LogP contribution in [0.3, 0.4) is 0 Å². The highest BCUT2D eigenvalue weighted by atomic mass is 35.5. The Kier molecular flexibility index (Phi) is 4.37. The monoisotopic (exact) mass is 332 g/mol. The van der Waals surface area contributed by atoms with Crippen molar-refractivity contribution in [2.45, 2.75) is 4.90 Å². The van der Waals surface area contributed by atoms with Gasteiger partial charge < -0.3 is 4.74 Å². The maximum absolute atomic E-state index is 12.3. The molecule has 0 bridgehead atoms. The topological polar surface area (TPSA) is 68.3 Å². The molecule has 5 nitrogen and oxygen atoms in total. The summed E-state index contributed by atoms with van der Waals surface area (Å²) in [5.41, 5.74) is 0.222. The summed E-state index contributed by atoms with van der Waals surface area (Å²) in [4.78, 5) is 3.63. The van der Waals surface area contributed by atoms with Crippen molar-refractivity contribution in [2.75, 3.05) is 11.8 Å². The molecule has 1 aromatic heterocycles. The highest BCUT2D eigenvalue weighted by Crippen LogP contribution is 2.30. The van der Waals surface area contributed by atoms with E-state index in [2.05, 4.69) is 9.71 Å². The number of hydrogen-bond acceptors (Lipinski definition) is 4. The first-order valence-corrected chi connectivity index (χ1v) is 7.64. The van der Waals surface area contributed by atoms with Crippen LogP contribution >= 0.6 is 23.2 Å². The normalized spacial score (nSPS) is 11.2. The Morgan fingerprint density at radius 1 is 1.25 bits per heavy atom. The number of halogens is 2. The fourth-order valence-electron chi connectivity index (χ4n) is 1.52. The molecule has 2 aromatic rings. The Hall–Kier alpha value is -1.50.